The SMILES string of the molecule is CCC1COCC1Nc1nc(-c2cccnc2)nc2c1CCC2. The zero-order valence-corrected chi connectivity index (χ0v) is 13.5. The molecule has 120 valence electrons. The highest BCUT2D eigenvalue weighted by atomic mass is 16.5. The highest BCUT2D eigenvalue weighted by molar-refractivity contribution is 5.60. The number of rotatable bonds is 4. The molecule has 4 rings (SSSR count). The number of pyridine rings is 1. The molecule has 1 aliphatic carbocycles. The van der Waals surface area contributed by atoms with E-state index in [4.69, 9.17) is 14.7 Å². The Kier molecular flexibility index (Phi) is 3.95. The Balaban J connectivity index is 1.69. The molecular formula is C18H22N4O. The van der Waals surface area contributed by atoms with Gasteiger partial charge >= 0.3 is 0 Å². The van der Waals surface area contributed by atoms with Crippen LogP contribution >= 0.6 is 0 Å². The topological polar surface area (TPSA) is 59.9 Å². The average molecular weight is 310 g/mol. The number of anilines is 1. The molecule has 23 heavy (non-hydrogen) atoms. The normalized spacial score (nSPS) is 23.0. The lowest BCUT2D eigenvalue weighted by atomic mass is 10.0. The number of fused-ring (bicyclic) bond motifs is 1. The lowest BCUT2D eigenvalue weighted by molar-refractivity contribution is 0.184. The number of nitrogens with zero attached hydrogens (tertiary/aromatic N) is 3. The fourth-order valence-electron chi connectivity index (χ4n) is 3.51. The van der Waals surface area contributed by atoms with Crippen molar-refractivity contribution in [1.29, 1.82) is 0 Å². The minimum absolute atomic E-state index is 0.348. The second kappa shape index (κ2) is 6.24. The molecule has 1 aliphatic heterocycles. The van der Waals surface area contributed by atoms with Crippen molar-refractivity contribution in [2.75, 3.05) is 18.5 Å². The molecule has 0 radical (unpaired) electrons. The van der Waals surface area contributed by atoms with E-state index in [1.165, 1.54) is 11.3 Å². The third kappa shape index (κ3) is 2.81. The number of ether oxygens (including phenoxy) is 1. The fraction of sp³-hybridized carbons (Fsp3) is 0.500. The van der Waals surface area contributed by atoms with E-state index in [-0.39, 0.29) is 0 Å². The number of hydrogen-bond acceptors (Lipinski definition) is 5. The summed E-state index contributed by atoms with van der Waals surface area (Å²) < 4.78 is 5.65. The van der Waals surface area contributed by atoms with Crippen LogP contribution in [0.15, 0.2) is 24.5 Å². The first kappa shape index (κ1) is 14.6. The van der Waals surface area contributed by atoms with Crippen molar-refractivity contribution >= 4 is 5.82 Å². The Bertz CT molecular complexity index is 689. The molecule has 1 N–H and O–H groups in total. The number of aryl methyl sites for hydroxylation is 1. The summed E-state index contributed by atoms with van der Waals surface area (Å²) in [4.78, 5) is 13.8. The Morgan fingerprint density at radius 1 is 1.26 bits per heavy atom. The Morgan fingerprint density at radius 2 is 2.22 bits per heavy atom. The van der Waals surface area contributed by atoms with Gasteiger partial charge in [0, 0.05) is 35.1 Å². The highest BCUT2D eigenvalue weighted by Gasteiger charge is 2.29. The van der Waals surface area contributed by atoms with Crippen molar-refractivity contribution in [3.8, 4) is 11.4 Å². The summed E-state index contributed by atoms with van der Waals surface area (Å²) in [6.45, 7) is 3.83. The smallest absolute Gasteiger partial charge is 0.163 e. The van der Waals surface area contributed by atoms with Crippen LogP contribution in [0.3, 0.4) is 0 Å². The largest absolute Gasteiger partial charge is 0.379 e. The van der Waals surface area contributed by atoms with Crippen LogP contribution < -0.4 is 5.32 Å². The van der Waals surface area contributed by atoms with Gasteiger partial charge in [0.25, 0.3) is 0 Å². The molecule has 5 heteroatoms. The predicted octanol–water partition coefficient (Wildman–Crippen LogP) is 2.86. The van der Waals surface area contributed by atoms with E-state index < -0.39 is 0 Å². The van der Waals surface area contributed by atoms with Crippen LogP contribution in [-0.4, -0.2) is 34.2 Å². The Morgan fingerprint density at radius 3 is 3.04 bits per heavy atom. The van der Waals surface area contributed by atoms with Crippen LogP contribution in [0.25, 0.3) is 11.4 Å². The molecule has 0 bridgehead atoms. The third-order valence-corrected chi connectivity index (χ3v) is 4.90. The molecule has 2 aromatic heterocycles. The monoisotopic (exact) mass is 310 g/mol. The van der Waals surface area contributed by atoms with Gasteiger partial charge in [-0.05, 0) is 37.8 Å². The number of aromatic nitrogens is 3. The lowest BCUT2D eigenvalue weighted by Gasteiger charge is -2.20. The van der Waals surface area contributed by atoms with Crippen molar-refractivity contribution in [3.05, 3.63) is 35.8 Å². The predicted molar refractivity (Wildman–Crippen MR) is 89.3 cm³/mol. The third-order valence-electron chi connectivity index (χ3n) is 4.90. The van der Waals surface area contributed by atoms with E-state index in [1.54, 1.807) is 6.20 Å². The maximum Gasteiger partial charge on any atom is 0.163 e. The van der Waals surface area contributed by atoms with E-state index in [0.717, 1.165) is 56.1 Å². The highest BCUT2D eigenvalue weighted by Crippen LogP contribution is 2.31. The summed E-state index contributed by atoms with van der Waals surface area (Å²) in [5.74, 6) is 2.33. The van der Waals surface area contributed by atoms with Gasteiger partial charge in [0.1, 0.15) is 5.82 Å². The lowest BCUT2D eigenvalue weighted by Crippen LogP contribution is -2.28. The zero-order chi connectivity index (χ0) is 15.6. The van der Waals surface area contributed by atoms with E-state index in [9.17, 15) is 0 Å². The Hall–Kier alpha value is -2.01. The van der Waals surface area contributed by atoms with Crippen molar-refractivity contribution in [1.82, 2.24) is 15.0 Å². The van der Waals surface area contributed by atoms with Crippen LogP contribution in [0.2, 0.25) is 0 Å². The molecule has 0 amide bonds. The molecule has 0 spiro atoms. The molecule has 2 aliphatic rings. The molecule has 2 atom stereocenters. The molecule has 1 saturated heterocycles. The zero-order valence-electron chi connectivity index (χ0n) is 13.5. The molecule has 2 unspecified atom stereocenters. The maximum atomic E-state index is 5.65. The second-order valence-electron chi connectivity index (χ2n) is 6.37. The van der Waals surface area contributed by atoms with Crippen LogP contribution in [0.1, 0.15) is 31.0 Å². The van der Waals surface area contributed by atoms with Crippen LogP contribution in [0.4, 0.5) is 5.82 Å². The summed E-state index contributed by atoms with van der Waals surface area (Å²) in [5, 5.41) is 3.66. The van der Waals surface area contributed by atoms with Crippen LogP contribution in [0.5, 0.6) is 0 Å². The molecular weight excluding hydrogens is 288 g/mol. The van der Waals surface area contributed by atoms with Crippen molar-refractivity contribution in [2.45, 2.75) is 38.6 Å². The standard InChI is InChI=1S/C18H22N4O/c1-2-12-10-23-11-16(12)21-18-14-6-3-7-15(14)20-17(22-18)13-5-4-8-19-9-13/h4-5,8-9,12,16H,2-3,6-7,10-11H2,1H3,(H,20,21,22). The van der Waals surface area contributed by atoms with Gasteiger partial charge < -0.3 is 10.1 Å². The minimum Gasteiger partial charge on any atom is -0.379 e. The van der Waals surface area contributed by atoms with Gasteiger partial charge in [-0.15, -0.1) is 0 Å². The van der Waals surface area contributed by atoms with E-state index in [0.29, 0.717) is 12.0 Å². The number of nitrogens with one attached hydrogen (secondary N) is 1. The maximum absolute atomic E-state index is 5.65. The van der Waals surface area contributed by atoms with Crippen LogP contribution in [0, 0.1) is 5.92 Å². The van der Waals surface area contributed by atoms with E-state index >= 15 is 0 Å². The van der Waals surface area contributed by atoms with Gasteiger partial charge in [-0.2, -0.15) is 0 Å². The summed E-state index contributed by atoms with van der Waals surface area (Å²) in [6, 6.07) is 4.29. The number of hydrogen-bond donors (Lipinski definition) is 1. The summed E-state index contributed by atoms with van der Waals surface area (Å²) in [5.41, 5.74) is 3.45. The van der Waals surface area contributed by atoms with Crippen molar-refractivity contribution in [2.24, 2.45) is 5.92 Å². The van der Waals surface area contributed by atoms with Crippen molar-refractivity contribution < 1.29 is 4.74 Å². The molecule has 0 aromatic carbocycles. The molecule has 0 saturated carbocycles. The summed E-state index contributed by atoms with van der Waals surface area (Å²) in [7, 11) is 0. The van der Waals surface area contributed by atoms with Crippen LogP contribution in [-0.2, 0) is 17.6 Å². The summed E-state index contributed by atoms with van der Waals surface area (Å²) >= 11 is 0. The first-order valence-corrected chi connectivity index (χ1v) is 8.49. The van der Waals surface area contributed by atoms with Crippen molar-refractivity contribution in [3.63, 3.8) is 0 Å². The van der Waals surface area contributed by atoms with Gasteiger partial charge in [0.15, 0.2) is 5.82 Å². The van der Waals surface area contributed by atoms with Gasteiger partial charge in [-0.1, -0.05) is 6.92 Å². The van der Waals surface area contributed by atoms with Gasteiger partial charge in [0.2, 0.25) is 0 Å². The minimum atomic E-state index is 0.348. The van der Waals surface area contributed by atoms with E-state index in [1.807, 2.05) is 18.3 Å². The first-order chi connectivity index (χ1) is 11.3. The summed E-state index contributed by atoms with van der Waals surface area (Å²) in [6.07, 6.45) is 7.99. The fourth-order valence-corrected chi connectivity index (χ4v) is 3.51. The first-order valence-electron chi connectivity index (χ1n) is 8.49. The molecule has 1 fully saturated rings. The quantitative estimate of drug-likeness (QED) is 0.941. The van der Waals surface area contributed by atoms with Gasteiger partial charge in [-0.3, -0.25) is 4.98 Å². The van der Waals surface area contributed by atoms with Gasteiger partial charge in [0.05, 0.1) is 19.3 Å². The molecule has 2 aromatic rings. The Labute approximate surface area is 136 Å². The molecule has 3 heterocycles. The average Bonchev–Trinajstić information content (AvgIpc) is 3.24. The second-order valence-corrected chi connectivity index (χ2v) is 6.37. The molecule has 5 nitrogen and oxygen atoms in total. The van der Waals surface area contributed by atoms with Gasteiger partial charge in [-0.25, -0.2) is 9.97 Å². The van der Waals surface area contributed by atoms with E-state index in [2.05, 4.69) is 17.2 Å².